The van der Waals surface area contributed by atoms with E-state index < -0.39 is 21.6 Å². The van der Waals surface area contributed by atoms with Crippen LogP contribution < -0.4 is 0 Å². The van der Waals surface area contributed by atoms with Gasteiger partial charge in [0.05, 0.1) is 11.3 Å². The Balaban J connectivity index is 0.00000261. The molecule has 0 fully saturated rings. The van der Waals surface area contributed by atoms with E-state index in [9.17, 15) is 17.6 Å². The Kier molecular flexibility index (Phi) is 6.68. The number of aliphatic carboxylic acids is 1. The molecule has 2 aromatic carbocycles. The van der Waals surface area contributed by atoms with Crippen LogP contribution in [0.5, 0.6) is 0 Å². The summed E-state index contributed by atoms with van der Waals surface area (Å²) in [4.78, 5) is 11.4. The predicted molar refractivity (Wildman–Crippen MR) is 107 cm³/mol. The molecule has 1 aliphatic carbocycles. The molecule has 7 heteroatoms. The molecule has 0 heterocycles. The quantitative estimate of drug-likeness (QED) is 0.771. The Labute approximate surface area is 190 Å². The number of sulfone groups is 1. The Morgan fingerprint density at radius 1 is 1.15 bits per heavy atom. The maximum Gasteiger partial charge on any atom is 2.00 e. The number of halogens is 1. The van der Waals surface area contributed by atoms with Crippen LogP contribution in [0.3, 0.4) is 0 Å². The van der Waals surface area contributed by atoms with Crippen LogP contribution in [-0.4, -0.2) is 63.5 Å². The van der Waals surface area contributed by atoms with Crippen LogP contribution >= 0.6 is 0 Å². The van der Waals surface area contributed by atoms with Gasteiger partial charge in [0.1, 0.15) is 5.82 Å². The third kappa shape index (κ3) is 4.69. The van der Waals surface area contributed by atoms with Crippen molar-refractivity contribution >= 4 is 70.8 Å². The monoisotopic (exact) mass is 414 g/mol. The molecule has 0 radical (unpaired) electrons. The summed E-state index contributed by atoms with van der Waals surface area (Å²) in [7, 11) is -3.27. The third-order valence-electron chi connectivity index (χ3n) is 4.40. The molecule has 0 aliphatic heterocycles. The van der Waals surface area contributed by atoms with Crippen molar-refractivity contribution in [1.29, 1.82) is 0 Å². The molecule has 0 saturated carbocycles. The predicted octanol–water partition coefficient (Wildman–Crippen LogP) is 3.88. The van der Waals surface area contributed by atoms with Crippen molar-refractivity contribution in [2.24, 2.45) is 0 Å². The first kappa shape index (κ1) is 21.8. The fraction of sp³-hybridized carbons (Fsp3) is 0.150. The Morgan fingerprint density at radius 3 is 2.33 bits per heavy atom. The van der Waals surface area contributed by atoms with Gasteiger partial charge in [-0.2, -0.15) is 0 Å². The molecule has 138 valence electrons. The van der Waals surface area contributed by atoms with Crippen molar-refractivity contribution in [3.63, 3.8) is 0 Å². The van der Waals surface area contributed by atoms with E-state index in [0.717, 1.165) is 28.5 Å². The van der Waals surface area contributed by atoms with E-state index in [-0.39, 0.29) is 51.9 Å². The standard InChI is InChI=1S/C20H17FO4S.Ca.2H/c1-12-17(9-13-3-6-15(7-4-13)26(2,24)25)16-8-5-14(21)10-19(16)18(12)11-20(22)23;;;/h3-10H,11H2,1-2H3,(H,22,23);;;/q;+2;2*-1. The van der Waals surface area contributed by atoms with Gasteiger partial charge in [0.15, 0.2) is 9.84 Å². The number of rotatable bonds is 4. The van der Waals surface area contributed by atoms with Crippen LogP contribution in [0.25, 0.3) is 17.2 Å². The van der Waals surface area contributed by atoms with Gasteiger partial charge in [0.25, 0.3) is 0 Å². The molecule has 0 saturated heterocycles. The second kappa shape index (κ2) is 8.27. The summed E-state index contributed by atoms with van der Waals surface area (Å²) >= 11 is 0. The SMILES string of the molecule is CC1=C(CC(=O)O)c2cc(F)ccc2C1=Cc1ccc(S(C)(=O)=O)cc1.[Ca+2].[H-].[H-]. The van der Waals surface area contributed by atoms with Gasteiger partial charge in [-0.25, -0.2) is 12.8 Å². The van der Waals surface area contributed by atoms with E-state index in [4.69, 9.17) is 5.11 Å². The molecular formula is C20H19CaFO4S. The van der Waals surface area contributed by atoms with Gasteiger partial charge < -0.3 is 7.96 Å². The van der Waals surface area contributed by atoms with Gasteiger partial charge in [-0.1, -0.05) is 18.2 Å². The van der Waals surface area contributed by atoms with Crippen molar-refractivity contribution < 1.29 is 25.6 Å². The number of fused-ring (bicyclic) bond motifs is 1. The summed E-state index contributed by atoms with van der Waals surface area (Å²) in [5.41, 5.74) is 4.31. The minimum atomic E-state index is -3.27. The molecule has 4 nitrogen and oxygen atoms in total. The van der Waals surface area contributed by atoms with Crippen LogP contribution in [0.15, 0.2) is 52.9 Å². The van der Waals surface area contributed by atoms with Gasteiger partial charge in [-0.3, -0.25) is 4.79 Å². The van der Waals surface area contributed by atoms with Gasteiger partial charge >= 0.3 is 43.7 Å². The number of hydrogen-bond acceptors (Lipinski definition) is 3. The molecule has 0 atom stereocenters. The Hall–Kier alpha value is -1.47. The van der Waals surface area contributed by atoms with Gasteiger partial charge in [0, 0.05) is 6.26 Å². The summed E-state index contributed by atoms with van der Waals surface area (Å²) in [6.07, 6.45) is 2.81. The average Bonchev–Trinajstić information content (AvgIpc) is 2.79. The van der Waals surface area contributed by atoms with E-state index in [2.05, 4.69) is 0 Å². The number of allylic oxidation sites excluding steroid dienone is 2. The van der Waals surface area contributed by atoms with Gasteiger partial charge in [-0.05, 0) is 70.7 Å². The molecule has 0 spiro atoms. The molecule has 27 heavy (non-hydrogen) atoms. The smallest absolute Gasteiger partial charge is 1.00 e. The molecular weight excluding hydrogens is 395 g/mol. The molecule has 3 rings (SSSR count). The molecule has 0 amide bonds. The zero-order chi connectivity index (χ0) is 19.1. The number of hydrogen-bond donors (Lipinski definition) is 1. The first-order valence-electron chi connectivity index (χ1n) is 7.91. The number of carbonyl (C=O) groups is 1. The first-order chi connectivity index (χ1) is 12.2. The summed E-state index contributed by atoms with van der Waals surface area (Å²) in [6.45, 7) is 1.81. The number of carboxylic acid groups (broad SMARTS) is 1. The fourth-order valence-corrected chi connectivity index (χ4v) is 3.74. The second-order valence-electron chi connectivity index (χ2n) is 6.26. The van der Waals surface area contributed by atoms with Crippen LogP contribution in [0.4, 0.5) is 4.39 Å². The molecule has 0 unspecified atom stereocenters. The second-order valence-corrected chi connectivity index (χ2v) is 8.28. The van der Waals surface area contributed by atoms with E-state index in [1.165, 1.54) is 24.3 Å². The van der Waals surface area contributed by atoms with Gasteiger partial charge in [0.2, 0.25) is 0 Å². The van der Waals surface area contributed by atoms with Crippen molar-refractivity contribution in [1.82, 2.24) is 0 Å². The zero-order valence-electron chi connectivity index (χ0n) is 17.0. The minimum absolute atomic E-state index is 0. The average molecular weight is 415 g/mol. The summed E-state index contributed by atoms with van der Waals surface area (Å²) < 4.78 is 36.8. The van der Waals surface area contributed by atoms with Crippen LogP contribution in [0.2, 0.25) is 0 Å². The topological polar surface area (TPSA) is 71.4 Å². The van der Waals surface area contributed by atoms with Crippen molar-refractivity contribution in [2.45, 2.75) is 18.2 Å². The first-order valence-corrected chi connectivity index (χ1v) is 9.80. The maximum absolute atomic E-state index is 13.7. The zero-order valence-corrected chi connectivity index (χ0v) is 18.0. The molecule has 0 bridgehead atoms. The van der Waals surface area contributed by atoms with E-state index >= 15 is 0 Å². The van der Waals surface area contributed by atoms with Crippen LogP contribution in [-0.2, 0) is 14.6 Å². The fourth-order valence-electron chi connectivity index (χ4n) is 3.11. The van der Waals surface area contributed by atoms with Crippen LogP contribution in [0.1, 0.15) is 32.9 Å². The molecule has 2 aromatic rings. The largest absolute Gasteiger partial charge is 2.00 e. The van der Waals surface area contributed by atoms with Crippen molar-refractivity contribution in [2.75, 3.05) is 6.26 Å². The van der Waals surface area contributed by atoms with Crippen LogP contribution in [0, 0.1) is 5.82 Å². The van der Waals surface area contributed by atoms with Crippen molar-refractivity contribution in [3.05, 3.63) is 70.5 Å². The van der Waals surface area contributed by atoms with E-state index in [1.807, 2.05) is 13.0 Å². The number of benzene rings is 2. The molecule has 1 N–H and O–H groups in total. The number of carboxylic acids is 1. The summed E-state index contributed by atoms with van der Waals surface area (Å²) in [5, 5.41) is 9.17. The molecule has 0 aromatic heterocycles. The summed E-state index contributed by atoms with van der Waals surface area (Å²) in [6, 6.07) is 10.8. The summed E-state index contributed by atoms with van der Waals surface area (Å²) in [5.74, 6) is -1.40. The Bertz CT molecular complexity index is 1080. The van der Waals surface area contributed by atoms with Crippen molar-refractivity contribution in [3.8, 4) is 0 Å². The van der Waals surface area contributed by atoms with E-state index in [0.29, 0.717) is 11.1 Å². The maximum atomic E-state index is 13.7. The van der Waals surface area contributed by atoms with Gasteiger partial charge in [-0.15, -0.1) is 0 Å². The third-order valence-corrected chi connectivity index (χ3v) is 5.53. The normalized spacial score (nSPS) is 14.9. The minimum Gasteiger partial charge on any atom is -1.00 e. The van der Waals surface area contributed by atoms with E-state index in [1.54, 1.807) is 18.2 Å². The Morgan fingerprint density at radius 2 is 1.78 bits per heavy atom. The molecule has 1 aliphatic rings.